The minimum atomic E-state index is -0.988. The van der Waals surface area contributed by atoms with Gasteiger partial charge < -0.3 is 0 Å². The Bertz CT molecular complexity index is 258. The van der Waals surface area contributed by atoms with Gasteiger partial charge in [0.2, 0.25) is 0 Å². The lowest BCUT2D eigenvalue weighted by Crippen LogP contribution is -2.07. The van der Waals surface area contributed by atoms with E-state index in [-0.39, 0.29) is 0 Å². The van der Waals surface area contributed by atoms with E-state index in [0.717, 1.165) is 11.4 Å². The minimum Gasteiger partial charge on any atom is -0.290 e. The Hall–Kier alpha value is -0.840. The summed E-state index contributed by atoms with van der Waals surface area (Å²) >= 11 is 0. The maximum Gasteiger partial charge on any atom is 0.136 e. The third-order valence-corrected chi connectivity index (χ3v) is 2.26. The second-order valence-corrected chi connectivity index (χ2v) is 3.64. The topological polar surface area (TPSA) is 57.8 Å². The highest BCUT2D eigenvalue weighted by molar-refractivity contribution is 7.86. The van der Waals surface area contributed by atoms with E-state index in [2.05, 4.69) is 14.9 Å². The lowest BCUT2D eigenvalue weighted by molar-refractivity contribution is 0.687. The zero-order valence-electron chi connectivity index (χ0n) is 6.55. The maximum absolute atomic E-state index is 11.0. The van der Waals surface area contributed by atoms with Crippen molar-refractivity contribution in [2.75, 3.05) is 10.5 Å². The summed E-state index contributed by atoms with van der Waals surface area (Å²) in [5.41, 5.74) is 0.979. The number of nitrogens with zero attached hydrogens (tertiary/aromatic N) is 1. The molecule has 11 heavy (non-hydrogen) atoms. The van der Waals surface area contributed by atoms with Crippen molar-refractivity contribution in [2.24, 2.45) is 0 Å². The Kier molecular flexibility index (Phi) is 2.64. The monoisotopic (exact) mass is 173 g/mol. The average molecular weight is 173 g/mol. The molecular formula is C6H11N3OS. The molecule has 0 radical (unpaired) electrons. The second kappa shape index (κ2) is 3.52. The van der Waals surface area contributed by atoms with Crippen molar-refractivity contribution < 1.29 is 4.21 Å². The zero-order valence-corrected chi connectivity index (χ0v) is 7.36. The molecule has 1 rings (SSSR count). The molecule has 0 aliphatic carbocycles. The standard InChI is InChI=1S/C6H11N3OS/c1-3-11(10)9-6-5(2)4-7-8-6/h4H,3H2,1-2H3,(H2,7,8,9). The van der Waals surface area contributed by atoms with E-state index in [1.807, 2.05) is 13.8 Å². The smallest absolute Gasteiger partial charge is 0.136 e. The van der Waals surface area contributed by atoms with E-state index in [0.29, 0.717) is 5.75 Å². The molecule has 1 unspecified atom stereocenters. The molecule has 0 bridgehead atoms. The van der Waals surface area contributed by atoms with Crippen molar-refractivity contribution in [1.82, 2.24) is 10.2 Å². The van der Waals surface area contributed by atoms with Crippen LogP contribution in [0.3, 0.4) is 0 Å². The number of aryl methyl sites for hydroxylation is 1. The zero-order chi connectivity index (χ0) is 8.27. The number of hydrogen-bond donors (Lipinski definition) is 2. The van der Waals surface area contributed by atoms with Gasteiger partial charge in [-0.2, -0.15) is 5.10 Å². The summed E-state index contributed by atoms with van der Waals surface area (Å²) in [5, 5.41) is 6.50. The lowest BCUT2D eigenvalue weighted by Gasteiger charge is -2.00. The van der Waals surface area contributed by atoms with Crippen LogP contribution in [0.2, 0.25) is 0 Å². The number of hydrogen-bond acceptors (Lipinski definition) is 2. The highest BCUT2D eigenvalue weighted by Crippen LogP contribution is 2.08. The molecule has 1 atom stereocenters. The van der Waals surface area contributed by atoms with Crippen LogP contribution in [0, 0.1) is 6.92 Å². The van der Waals surface area contributed by atoms with Gasteiger partial charge in [0.05, 0.1) is 6.20 Å². The first-order valence-corrected chi connectivity index (χ1v) is 4.71. The fourth-order valence-corrected chi connectivity index (χ4v) is 1.21. The van der Waals surface area contributed by atoms with E-state index in [1.165, 1.54) is 0 Å². The Morgan fingerprint density at radius 1 is 1.82 bits per heavy atom. The van der Waals surface area contributed by atoms with Gasteiger partial charge in [-0.25, -0.2) is 4.21 Å². The Labute approximate surface area is 68.0 Å². The number of rotatable bonds is 3. The Morgan fingerprint density at radius 2 is 2.55 bits per heavy atom. The molecule has 0 saturated carbocycles. The summed E-state index contributed by atoms with van der Waals surface area (Å²) in [5.74, 6) is 1.34. The summed E-state index contributed by atoms with van der Waals surface area (Å²) in [4.78, 5) is 0. The highest BCUT2D eigenvalue weighted by Gasteiger charge is 2.01. The van der Waals surface area contributed by atoms with Gasteiger partial charge in [-0.05, 0) is 6.92 Å². The predicted molar refractivity (Wildman–Crippen MR) is 45.6 cm³/mol. The van der Waals surface area contributed by atoms with Crippen LogP contribution < -0.4 is 4.72 Å². The molecule has 0 spiro atoms. The molecule has 0 amide bonds. The molecule has 2 N–H and O–H groups in total. The Balaban J connectivity index is 2.64. The number of nitrogens with one attached hydrogen (secondary N) is 2. The highest BCUT2D eigenvalue weighted by atomic mass is 32.2. The van der Waals surface area contributed by atoms with Crippen LogP contribution in [0.4, 0.5) is 5.82 Å². The third-order valence-electron chi connectivity index (χ3n) is 1.31. The summed E-state index contributed by atoms with van der Waals surface area (Å²) in [6.07, 6.45) is 1.69. The van der Waals surface area contributed by atoms with Crippen molar-refractivity contribution in [3.63, 3.8) is 0 Å². The van der Waals surface area contributed by atoms with Gasteiger partial charge in [0.15, 0.2) is 0 Å². The summed E-state index contributed by atoms with van der Waals surface area (Å²) in [6, 6.07) is 0. The van der Waals surface area contributed by atoms with Gasteiger partial charge in [-0.1, -0.05) is 6.92 Å². The van der Waals surface area contributed by atoms with Crippen molar-refractivity contribution in [1.29, 1.82) is 0 Å². The largest absolute Gasteiger partial charge is 0.290 e. The predicted octanol–water partition coefficient (Wildman–Crippen LogP) is 0.814. The maximum atomic E-state index is 11.0. The molecule has 0 aliphatic rings. The lowest BCUT2D eigenvalue weighted by atomic mass is 10.4. The van der Waals surface area contributed by atoms with Crippen LogP contribution in [0.1, 0.15) is 12.5 Å². The minimum absolute atomic E-state index is 0.596. The summed E-state index contributed by atoms with van der Waals surface area (Å²) < 4.78 is 13.8. The Morgan fingerprint density at radius 3 is 3.00 bits per heavy atom. The number of anilines is 1. The fraction of sp³-hybridized carbons (Fsp3) is 0.500. The van der Waals surface area contributed by atoms with Crippen LogP contribution in [0.15, 0.2) is 6.20 Å². The van der Waals surface area contributed by atoms with Crippen LogP contribution in [-0.2, 0) is 11.0 Å². The van der Waals surface area contributed by atoms with E-state index in [9.17, 15) is 4.21 Å². The number of aromatic nitrogens is 2. The summed E-state index contributed by atoms with van der Waals surface area (Å²) in [7, 11) is -0.988. The van der Waals surface area contributed by atoms with Crippen molar-refractivity contribution in [3.05, 3.63) is 11.8 Å². The summed E-state index contributed by atoms with van der Waals surface area (Å²) in [6.45, 7) is 3.76. The van der Waals surface area contributed by atoms with Gasteiger partial charge >= 0.3 is 0 Å². The number of aromatic amines is 1. The van der Waals surface area contributed by atoms with Gasteiger partial charge in [0.1, 0.15) is 16.8 Å². The molecule has 62 valence electrons. The van der Waals surface area contributed by atoms with Crippen LogP contribution >= 0.6 is 0 Å². The van der Waals surface area contributed by atoms with Crippen LogP contribution in [0.25, 0.3) is 0 Å². The van der Waals surface area contributed by atoms with Gasteiger partial charge in [-0.15, -0.1) is 0 Å². The molecular weight excluding hydrogens is 162 g/mol. The second-order valence-electron chi connectivity index (χ2n) is 2.16. The van der Waals surface area contributed by atoms with E-state index < -0.39 is 11.0 Å². The molecule has 4 nitrogen and oxygen atoms in total. The van der Waals surface area contributed by atoms with Crippen molar-refractivity contribution in [3.8, 4) is 0 Å². The van der Waals surface area contributed by atoms with Crippen LogP contribution in [0.5, 0.6) is 0 Å². The number of H-pyrrole nitrogens is 1. The molecule has 0 aliphatic heterocycles. The van der Waals surface area contributed by atoms with Crippen molar-refractivity contribution >= 4 is 16.8 Å². The van der Waals surface area contributed by atoms with Crippen molar-refractivity contribution in [2.45, 2.75) is 13.8 Å². The van der Waals surface area contributed by atoms with Gasteiger partial charge in [-0.3, -0.25) is 9.82 Å². The quantitative estimate of drug-likeness (QED) is 0.710. The average Bonchev–Trinajstić information content (AvgIpc) is 2.37. The SMILES string of the molecule is CCS(=O)Nc1[nH]ncc1C. The molecule has 5 heteroatoms. The molecule has 0 saturated heterocycles. The molecule has 1 heterocycles. The first-order chi connectivity index (χ1) is 5.24. The normalized spacial score (nSPS) is 12.9. The molecule has 0 aromatic carbocycles. The van der Waals surface area contributed by atoms with E-state index in [1.54, 1.807) is 6.20 Å². The fourth-order valence-electron chi connectivity index (χ4n) is 0.636. The molecule has 0 fully saturated rings. The third kappa shape index (κ3) is 2.04. The first-order valence-electron chi connectivity index (χ1n) is 3.39. The van der Waals surface area contributed by atoms with E-state index >= 15 is 0 Å². The molecule has 1 aromatic heterocycles. The first kappa shape index (κ1) is 8.26. The van der Waals surface area contributed by atoms with Crippen LogP contribution in [-0.4, -0.2) is 20.2 Å². The molecule has 1 aromatic rings. The van der Waals surface area contributed by atoms with Gasteiger partial charge in [0.25, 0.3) is 0 Å². The van der Waals surface area contributed by atoms with E-state index in [4.69, 9.17) is 0 Å². The van der Waals surface area contributed by atoms with Gasteiger partial charge in [0, 0.05) is 11.3 Å².